The van der Waals surface area contributed by atoms with Gasteiger partial charge in [0.15, 0.2) is 0 Å². The fourth-order valence-corrected chi connectivity index (χ4v) is 0.662. The first-order valence-electron chi connectivity index (χ1n) is 3.81. The zero-order valence-electron chi connectivity index (χ0n) is 7.01. The van der Waals surface area contributed by atoms with Gasteiger partial charge in [-0.05, 0) is 19.9 Å². The smallest absolute Gasteiger partial charge is 0.0783 e. The first kappa shape index (κ1) is 10.6. The molecule has 1 atom stereocenters. The molecular weight excluding hydrogens is 142 g/mol. The van der Waals surface area contributed by atoms with Crippen LogP contribution in [0.3, 0.4) is 0 Å². The van der Waals surface area contributed by atoms with Crippen molar-refractivity contribution in [3.63, 3.8) is 0 Å². The van der Waals surface area contributed by atoms with Crippen molar-refractivity contribution >= 4 is 0 Å². The molecule has 0 aliphatic rings. The number of hydrogen-bond donors (Lipinski definition) is 3. The van der Waals surface area contributed by atoms with Crippen molar-refractivity contribution in [1.29, 1.82) is 0 Å². The summed E-state index contributed by atoms with van der Waals surface area (Å²) < 4.78 is 0. The summed E-state index contributed by atoms with van der Waals surface area (Å²) in [6.45, 7) is 6.99. The molecule has 0 aliphatic heterocycles. The van der Waals surface area contributed by atoms with E-state index in [2.05, 4.69) is 11.9 Å². The molecule has 3 N–H and O–H groups in total. The molecule has 0 aromatic rings. The van der Waals surface area contributed by atoms with Gasteiger partial charge in [0.05, 0.1) is 12.7 Å². The lowest BCUT2D eigenvalue weighted by atomic mass is 10.2. The Bertz CT molecular complexity index is 115. The van der Waals surface area contributed by atoms with E-state index in [9.17, 15) is 0 Å². The van der Waals surface area contributed by atoms with Gasteiger partial charge in [0.25, 0.3) is 0 Å². The molecular formula is C8H17NO2. The number of rotatable bonds is 6. The van der Waals surface area contributed by atoms with Gasteiger partial charge in [-0.15, -0.1) is 0 Å². The largest absolute Gasteiger partial charge is 0.394 e. The summed E-state index contributed by atoms with van der Waals surface area (Å²) in [6.07, 6.45) is -0.00308. The van der Waals surface area contributed by atoms with Gasteiger partial charge in [-0.1, -0.05) is 12.2 Å². The van der Waals surface area contributed by atoms with Crippen LogP contribution in [0.25, 0.3) is 0 Å². The molecule has 0 rings (SSSR count). The van der Waals surface area contributed by atoms with Crippen LogP contribution in [0.2, 0.25) is 0 Å². The highest BCUT2D eigenvalue weighted by Crippen LogP contribution is 1.88. The molecule has 0 heterocycles. The van der Waals surface area contributed by atoms with Crippen LogP contribution >= 0.6 is 0 Å². The number of aliphatic hydroxyl groups is 2. The highest BCUT2D eigenvalue weighted by molar-refractivity contribution is 4.90. The summed E-state index contributed by atoms with van der Waals surface area (Å²) in [4.78, 5) is 0. The molecule has 0 amide bonds. The highest BCUT2D eigenvalue weighted by atomic mass is 16.3. The van der Waals surface area contributed by atoms with E-state index in [4.69, 9.17) is 10.2 Å². The van der Waals surface area contributed by atoms with Gasteiger partial charge in [-0.2, -0.15) is 0 Å². The minimum Gasteiger partial charge on any atom is -0.394 e. The normalized spacial score (nSPS) is 13.0. The maximum atomic E-state index is 8.91. The first-order chi connectivity index (χ1) is 5.16. The minimum absolute atomic E-state index is 0.158. The van der Waals surface area contributed by atoms with Crippen LogP contribution in [0.4, 0.5) is 0 Å². The zero-order valence-corrected chi connectivity index (χ0v) is 7.01. The monoisotopic (exact) mass is 159 g/mol. The van der Waals surface area contributed by atoms with Crippen molar-refractivity contribution in [1.82, 2.24) is 5.32 Å². The lowest BCUT2D eigenvalue weighted by Crippen LogP contribution is -2.23. The number of nitrogens with one attached hydrogen (secondary N) is 1. The third kappa shape index (κ3) is 7.52. The van der Waals surface area contributed by atoms with Gasteiger partial charge in [0.1, 0.15) is 0 Å². The number of hydrogen-bond acceptors (Lipinski definition) is 3. The van der Waals surface area contributed by atoms with Gasteiger partial charge in [0.2, 0.25) is 0 Å². The minimum atomic E-state index is -0.590. The molecule has 0 radical (unpaired) electrons. The Balaban J connectivity index is 3.08. The summed E-state index contributed by atoms with van der Waals surface area (Å²) in [6, 6.07) is 0. The Morgan fingerprint density at radius 3 is 2.73 bits per heavy atom. The van der Waals surface area contributed by atoms with Crippen LogP contribution < -0.4 is 5.32 Å². The van der Waals surface area contributed by atoms with Crippen molar-refractivity contribution in [3.8, 4) is 0 Å². The van der Waals surface area contributed by atoms with Crippen LogP contribution in [0.15, 0.2) is 12.2 Å². The van der Waals surface area contributed by atoms with Crippen molar-refractivity contribution < 1.29 is 10.2 Å². The van der Waals surface area contributed by atoms with Gasteiger partial charge >= 0.3 is 0 Å². The fraction of sp³-hybridized carbons (Fsp3) is 0.750. The molecule has 0 bridgehead atoms. The maximum Gasteiger partial charge on any atom is 0.0783 e. The summed E-state index contributed by atoms with van der Waals surface area (Å²) in [7, 11) is 0. The van der Waals surface area contributed by atoms with Crippen molar-refractivity contribution in [2.75, 3.05) is 19.7 Å². The summed E-state index contributed by atoms with van der Waals surface area (Å²) in [5.41, 5.74) is 1.07. The summed E-state index contributed by atoms with van der Waals surface area (Å²) in [5.74, 6) is 0. The molecule has 0 aliphatic carbocycles. The first-order valence-corrected chi connectivity index (χ1v) is 3.81. The topological polar surface area (TPSA) is 52.5 Å². The van der Waals surface area contributed by atoms with E-state index in [1.54, 1.807) is 0 Å². The van der Waals surface area contributed by atoms with E-state index in [0.29, 0.717) is 13.0 Å². The predicted octanol–water partition coefficient (Wildman–Crippen LogP) is -0.105. The maximum absolute atomic E-state index is 8.91. The fourth-order valence-electron chi connectivity index (χ4n) is 0.662. The molecule has 1 unspecified atom stereocenters. The molecule has 0 fully saturated rings. The van der Waals surface area contributed by atoms with Crippen LogP contribution in [-0.2, 0) is 0 Å². The molecule has 0 aromatic heterocycles. The molecule has 0 aromatic carbocycles. The SMILES string of the molecule is C=C(C)CNCCC(O)CO. The van der Waals surface area contributed by atoms with E-state index in [0.717, 1.165) is 12.1 Å². The molecule has 11 heavy (non-hydrogen) atoms. The second kappa shape index (κ2) is 6.34. The molecule has 66 valence electrons. The quantitative estimate of drug-likeness (QED) is 0.374. The lowest BCUT2D eigenvalue weighted by Gasteiger charge is -2.07. The van der Waals surface area contributed by atoms with Gasteiger partial charge in [-0.25, -0.2) is 0 Å². The Morgan fingerprint density at radius 1 is 1.64 bits per heavy atom. The summed E-state index contributed by atoms with van der Waals surface area (Å²) in [5, 5.41) is 20.4. The molecule has 0 saturated carbocycles. The van der Waals surface area contributed by atoms with Crippen LogP contribution in [-0.4, -0.2) is 36.0 Å². The Hall–Kier alpha value is -0.380. The standard InChI is InChI=1S/C8H17NO2/c1-7(2)5-9-4-3-8(11)6-10/h8-11H,1,3-6H2,2H3. The van der Waals surface area contributed by atoms with Crippen molar-refractivity contribution in [2.45, 2.75) is 19.4 Å². The molecule has 0 saturated heterocycles. The lowest BCUT2D eigenvalue weighted by molar-refractivity contribution is 0.0885. The second-order valence-electron chi connectivity index (χ2n) is 2.76. The average Bonchev–Trinajstić information content (AvgIpc) is 1.97. The van der Waals surface area contributed by atoms with E-state index < -0.39 is 6.10 Å². The van der Waals surface area contributed by atoms with Gasteiger partial charge in [-0.3, -0.25) is 0 Å². The van der Waals surface area contributed by atoms with Crippen LogP contribution in [0.1, 0.15) is 13.3 Å². The Morgan fingerprint density at radius 2 is 2.27 bits per heavy atom. The van der Waals surface area contributed by atoms with Gasteiger partial charge in [0, 0.05) is 6.54 Å². The molecule has 3 nitrogen and oxygen atoms in total. The zero-order chi connectivity index (χ0) is 8.69. The van der Waals surface area contributed by atoms with Gasteiger partial charge < -0.3 is 15.5 Å². The van der Waals surface area contributed by atoms with E-state index in [-0.39, 0.29) is 6.61 Å². The van der Waals surface area contributed by atoms with E-state index >= 15 is 0 Å². The van der Waals surface area contributed by atoms with E-state index in [1.807, 2.05) is 6.92 Å². The summed E-state index contributed by atoms with van der Waals surface area (Å²) >= 11 is 0. The van der Waals surface area contributed by atoms with Crippen LogP contribution in [0.5, 0.6) is 0 Å². The number of aliphatic hydroxyl groups excluding tert-OH is 2. The molecule has 0 spiro atoms. The van der Waals surface area contributed by atoms with Crippen LogP contribution in [0, 0.1) is 0 Å². The average molecular weight is 159 g/mol. The Labute approximate surface area is 67.7 Å². The highest BCUT2D eigenvalue weighted by Gasteiger charge is 1.99. The predicted molar refractivity (Wildman–Crippen MR) is 45.4 cm³/mol. The third-order valence-corrected chi connectivity index (χ3v) is 1.29. The van der Waals surface area contributed by atoms with E-state index in [1.165, 1.54) is 0 Å². The van der Waals surface area contributed by atoms with Crippen molar-refractivity contribution in [3.05, 3.63) is 12.2 Å². The Kier molecular flexibility index (Phi) is 6.12. The van der Waals surface area contributed by atoms with Crippen molar-refractivity contribution in [2.24, 2.45) is 0 Å². The third-order valence-electron chi connectivity index (χ3n) is 1.29. The molecule has 3 heteroatoms. The second-order valence-corrected chi connectivity index (χ2v) is 2.76.